The first-order chi connectivity index (χ1) is 33.7. The van der Waals surface area contributed by atoms with Crippen LogP contribution in [0, 0.1) is 0 Å². The first-order valence-corrected chi connectivity index (χ1v) is 23.4. The number of para-hydroxylation sites is 4. The summed E-state index contributed by atoms with van der Waals surface area (Å²) in [7, 11) is 0. The van der Waals surface area contributed by atoms with E-state index in [2.05, 4.69) is 276 Å². The Balaban J connectivity index is 0.879. The molecule has 0 fully saturated rings. The molecule has 0 N–H and O–H groups in total. The third kappa shape index (κ3) is 6.82. The Morgan fingerprint density at radius 1 is 0.176 bits per heavy atom. The summed E-state index contributed by atoms with van der Waals surface area (Å²) in [5.41, 5.74) is 21.4. The van der Waals surface area contributed by atoms with E-state index in [1.54, 1.807) is 0 Å². The lowest BCUT2D eigenvalue weighted by Crippen LogP contribution is -1.95. The Morgan fingerprint density at radius 3 is 0.897 bits per heavy atom. The van der Waals surface area contributed by atoms with Gasteiger partial charge in [-0.05, 0) is 133 Å². The fourth-order valence-electron chi connectivity index (χ4n) is 10.4. The topological polar surface area (TPSA) is 9.86 Å². The number of fused-ring (bicyclic) bond motifs is 6. The second kappa shape index (κ2) is 16.5. The van der Waals surface area contributed by atoms with Gasteiger partial charge in [0.1, 0.15) is 0 Å². The molecule has 0 aliphatic carbocycles. The van der Waals surface area contributed by atoms with E-state index < -0.39 is 0 Å². The monoisotopic (exact) mass is 864 g/mol. The van der Waals surface area contributed by atoms with Crippen LogP contribution in [0.25, 0.3) is 122 Å². The normalized spacial score (nSPS) is 11.5. The molecule has 2 aromatic heterocycles. The van der Waals surface area contributed by atoms with Gasteiger partial charge in [-0.1, -0.05) is 200 Å². The number of aromatic nitrogens is 2. The van der Waals surface area contributed by atoms with Crippen molar-refractivity contribution in [3.05, 3.63) is 267 Å². The maximum absolute atomic E-state index is 2.39. The lowest BCUT2D eigenvalue weighted by atomic mass is 9.90. The van der Waals surface area contributed by atoms with Crippen molar-refractivity contribution in [2.24, 2.45) is 0 Å². The van der Waals surface area contributed by atoms with E-state index in [1.807, 2.05) is 0 Å². The quantitative estimate of drug-likeness (QED) is 0.144. The van der Waals surface area contributed by atoms with Gasteiger partial charge in [-0.25, -0.2) is 0 Å². The van der Waals surface area contributed by atoms with Crippen LogP contribution in [-0.2, 0) is 0 Å². The van der Waals surface area contributed by atoms with Gasteiger partial charge in [-0.3, -0.25) is 0 Å². The molecule has 0 unspecified atom stereocenters. The molecule has 0 atom stereocenters. The molecular formula is C66H44N2. The molecule has 0 saturated carbocycles. The van der Waals surface area contributed by atoms with Gasteiger partial charge in [-0.2, -0.15) is 0 Å². The van der Waals surface area contributed by atoms with E-state index in [4.69, 9.17) is 0 Å². The predicted octanol–water partition coefficient (Wildman–Crippen LogP) is 17.9. The Bertz CT molecular complexity index is 3880. The van der Waals surface area contributed by atoms with E-state index >= 15 is 0 Å². The van der Waals surface area contributed by atoms with Crippen LogP contribution in [0.4, 0.5) is 0 Å². The van der Waals surface area contributed by atoms with Crippen LogP contribution in [-0.4, -0.2) is 9.13 Å². The molecule has 0 amide bonds. The van der Waals surface area contributed by atoms with Crippen LogP contribution in [0.3, 0.4) is 0 Å². The maximum Gasteiger partial charge on any atom is 0.0541 e. The standard InChI is InChI=1S/C66H44N2/c1-2-14-45(15-3-1)50-16-12-18-52(42-50)53-19-13-17-51(43-53)46-28-30-47(31-29-46)54-36-41-57(48-32-37-55(38-33-48)67-63-24-8-4-20-58(63)59-21-5-9-25-64(59)67)62(44-54)49-34-39-56(40-35-49)68-65-26-10-6-22-60(65)61-23-7-11-27-66(61)68/h1-44H. The van der Waals surface area contributed by atoms with Crippen molar-refractivity contribution in [2.75, 3.05) is 0 Å². The number of hydrogen-bond donors (Lipinski definition) is 0. The van der Waals surface area contributed by atoms with Crippen LogP contribution in [0.1, 0.15) is 0 Å². The van der Waals surface area contributed by atoms with Crippen LogP contribution < -0.4 is 0 Å². The molecule has 318 valence electrons. The first-order valence-electron chi connectivity index (χ1n) is 23.4. The fourth-order valence-corrected chi connectivity index (χ4v) is 10.4. The molecule has 2 nitrogen and oxygen atoms in total. The molecule has 0 spiro atoms. The molecule has 0 bridgehead atoms. The van der Waals surface area contributed by atoms with Gasteiger partial charge in [0.15, 0.2) is 0 Å². The summed E-state index contributed by atoms with van der Waals surface area (Å²) in [4.78, 5) is 0. The minimum atomic E-state index is 1.14. The van der Waals surface area contributed by atoms with Crippen molar-refractivity contribution < 1.29 is 0 Å². The molecule has 11 aromatic carbocycles. The average molecular weight is 865 g/mol. The first kappa shape index (κ1) is 39.4. The van der Waals surface area contributed by atoms with Crippen molar-refractivity contribution in [2.45, 2.75) is 0 Å². The van der Waals surface area contributed by atoms with Crippen molar-refractivity contribution in [3.63, 3.8) is 0 Å². The van der Waals surface area contributed by atoms with Crippen LogP contribution in [0.2, 0.25) is 0 Å². The zero-order valence-electron chi connectivity index (χ0n) is 37.3. The van der Waals surface area contributed by atoms with E-state index in [9.17, 15) is 0 Å². The Morgan fingerprint density at radius 2 is 0.471 bits per heavy atom. The number of benzene rings is 11. The highest BCUT2D eigenvalue weighted by Crippen LogP contribution is 2.40. The third-order valence-electron chi connectivity index (χ3n) is 13.8. The van der Waals surface area contributed by atoms with Gasteiger partial charge in [0.25, 0.3) is 0 Å². The zero-order chi connectivity index (χ0) is 45.0. The van der Waals surface area contributed by atoms with E-state index in [1.165, 1.54) is 110 Å². The second-order valence-corrected chi connectivity index (χ2v) is 17.7. The summed E-state index contributed by atoms with van der Waals surface area (Å²) in [6.07, 6.45) is 0. The van der Waals surface area contributed by atoms with Gasteiger partial charge in [-0.15, -0.1) is 0 Å². The average Bonchev–Trinajstić information content (AvgIpc) is 3.94. The van der Waals surface area contributed by atoms with Gasteiger partial charge < -0.3 is 9.13 Å². The number of nitrogens with zero attached hydrogens (tertiary/aromatic N) is 2. The van der Waals surface area contributed by atoms with E-state index in [-0.39, 0.29) is 0 Å². The maximum atomic E-state index is 2.39. The summed E-state index contributed by atoms with van der Waals surface area (Å²) in [6, 6.07) is 97.4. The van der Waals surface area contributed by atoms with E-state index in [0.29, 0.717) is 0 Å². The molecule has 2 heteroatoms. The van der Waals surface area contributed by atoms with Gasteiger partial charge in [0.05, 0.1) is 22.1 Å². The highest BCUT2D eigenvalue weighted by atomic mass is 15.0. The molecule has 0 radical (unpaired) electrons. The Labute approximate surface area is 395 Å². The summed E-state index contributed by atoms with van der Waals surface area (Å²) in [5, 5.41) is 5.05. The number of hydrogen-bond acceptors (Lipinski definition) is 0. The largest absolute Gasteiger partial charge is 0.309 e. The summed E-state index contributed by atoms with van der Waals surface area (Å²) < 4.78 is 4.77. The third-order valence-corrected chi connectivity index (χ3v) is 13.8. The molecule has 13 rings (SSSR count). The summed E-state index contributed by atoms with van der Waals surface area (Å²) in [6.45, 7) is 0. The minimum Gasteiger partial charge on any atom is -0.309 e. The molecular weight excluding hydrogens is 821 g/mol. The molecule has 0 saturated heterocycles. The Kier molecular flexibility index (Phi) is 9.54. The summed E-state index contributed by atoms with van der Waals surface area (Å²) >= 11 is 0. The fraction of sp³-hybridized carbons (Fsp3) is 0. The lowest BCUT2D eigenvalue weighted by molar-refractivity contribution is 1.18. The molecule has 13 aromatic rings. The van der Waals surface area contributed by atoms with Crippen LogP contribution >= 0.6 is 0 Å². The van der Waals surface area contributed by atoms with Gasteiger partial charge in [0, 0.05) is 32.9 Å². The summed E-state index contributed by atoms with van der Waals surface area (Å²) in [5.74, 6) is 0. The predicted molar refractivity (Wildman–Crippen MR) is 288 cm³/mol. The van der Waals surface area contributed by atoms with E-state index in [0.717, 1.165) is 11.4 Å². The van der Waals surface area contributed by atoms with Crippen molar-refractivity contribution in [1.29, 1.82) is 0 Å². The van der Waals surface area contributed by atoms with Crippen LogP contribution in [0.5, 0.6) is 0 Å². The lowest BCUT2D eigenvalue weighted by Gasteiger charge is -2.16. The minimum absolute atomic E-state index is 1.14. The number of rotatable bonds is 8. The van der Waals surface area contributed by atoms with Crippen molar-refractivity contribution >= 4 is 43.6 Å². The second-order valence-electron chi connectivity index (χ2n) is 17.7. The van der Waals surface area contributed by atoms with Crippen LogP contribution in [0.15, 0.2) is 267 Å². The smallest absolute Gasteiger partial charge is 0.0541 e. The molecule has 0 aliphatic heterocycles. The van der Waals surface area contributed by atoms with Crippen molar-refractivity contribution in [3.8, 4) is 78.1 Å². The van der Waals surface area contributed by atoms with Gasteiger partial charge in [0.2, 0.25) is 0 Å². The Hall–Kier alpha value is -8.98. The highest BCUT2D eigenvalue weighted by molar-refractivity contribution is 6.10. The SMILES string of the molecule is c1ccc(-c2cccc(-c3cccc(-c4ccc(-c5ccc(-c6ccc(-n7c8ccccc8c8ccccc87)cc6)c(-c6ccc(-n7c8ccccc8c8ccccc87)cc6)c5)cc4)c3)c2)cc1. The highest BCUT2D eigenvalue weighted by Gasteiger charge is 2.16. The zero-order valence-corrected chi connectivity index (χ0v) is 37.3. The molecule has 2 heterocycles. The molecule has 0 aliphatic rings. The molecule has 68 heavy (non-hydrogen) atoms. The van der Waals surface area contributed by atoms with Gasteiger partial charge >= 0.3 is 0 Å². The van der Waals surface area contributed by atoms with Crippen molar-refractivity contribution in [1.82, 2.24) is 9.13 Å².